The molecule has 1 amide bonds. The van der Waals surface area contributed by atoms with Crippen molar-refractivity contribution in [1.82, 2.24) is 0 Å². The van der Waals surface area contributed by atoms with Crippen molar-refractivity contribution >= 4 is 27.1 Å². The van der Waals surface area contributed by atoms with E-state index in [-0.39, 0.29) is 52.9 Å². The standard InChI is InChI=1S/C27H26F4N2O7S/c1-39-18-11-17(12-19(13-18)41(2,37)38)32-25(20-4-3-16(28)10-24(20)40-8-7-34)26(36)33-6-5-15-9-23(35)21(14-22(15)33)27(29,30)31/h3-4,9-14,25,32,34-35H,5-8H2,1-2H3. The summed E-state index contributed by atoms with van der Waals surface area (Å²) in [7, 11) is -2.42. The van der Waals surface area contributed by atoms with E-state index in [1.807, 2.05) is 0 Å². The topological polar surface area (TPSA) is 125 Å². The van der Waals surface area contributed by atoms with E-state index in [0.717, 1.165) is 29.4 Å². The first-order chi connectivity index (χ1) is 19.2. The van der Waals surface area contributed by atoms with Gasteiger partial charge in [0.25, 0.3) is 5.91 Å². The number of halogens is 4. The van der Waals surface area contributed by atoms with Gasteiger partial charge in [-0.2, -0.15) is 13.2 Å². The third-order valence-electron chi connectivity index (χ3n) is 6.40. The highest BCUT2D eigenvalue weighted by atomic mass is 32.2. The molecule has 0 spiro atoms. The molecule has 1 aliphatic heterocycles. The van der Waals surface area contributed by atoms with Crippen molar-refractivity contribution in [2.24, 2.45) is 0 Å². The molecule has 4 rings (SSSR count). The monoisotopic (exact) mass is 598 g/mol. The van der Waals surface area contributed by atoms with Crippen LogP contribution in [-0.4, -0.2) is 57.7 Å². The van der Waals surface area contributed by atoms with Gasteiger partial charge in [0.2, 0.25) is 0 Å². The van der Waals surface area contributed by atoms with E-state index in [0.29, 0.717) is 11.6 Å². The predicted molar refractivity (Wildman–Crippen MR) is 141 cm³/mol. The summed E-state index contributed by atoms with van der Waals surface area (Å²) in [6.07, 6.45) is -3.77. The number of nitrogens with one attached hydrogen (secondary N) is 1. The zero-order valence-corrected chi connectivity index (χ0v) is 22.6. The molecule has 0 bridgehead atoms. The average Bonchev–Trinajstić information content (AvgIpc) is 3.31. The van der Waals surface area contributed by atoms with E-state index in [1.54, 1.807) is 0 Å². The van der Waals surface area contributed by atoms with E-state index >= 15 is 0 Å². The highest BCUT2D eigenvalue weighted by Gasteiger charge is 2.39. The SMILES string of the molecule is COc1cc(NC(C(=O)N2CCc3cc(O)c(C(F)(F)F)cc32)c2ccc(F)cc2OCCO)cc(S(C)(=O)=O)c1. The second kappa shape index (κ2) is 11.4. The number of alkyl halides is 3. The fourth-order valence-electron chi connectivity index (χ4n) is 4.49. The number of hydrogen-bond donors (Lipinski definition) is 3. The Balaban J connectivity index is 1.85. The lowest BCUT2D eigenvalue weighted by atomic mass is 10.0. The smallest absolute Gasteiger partial charge is 0.420 e. The minimum absolute atomic E-state index is 0.0339. The normalized spacial score (nSPS) is 14.0. The molecule has 3 aromatic carbocycles. The van der Waals surface area contributed by atoms with Crippen LogP contribution in [0.5, 0.6) is 17.2 Å². The van der Waals surface area contributed by atoms with Crippen molar-refractivity contribution in [3.8, 4) is 17.2 Å². The summed E-state index contributed by atoms with van der Waals surface area (Å²) in [4.78, 5) is 15.0. The molecule has 9 nitrogen and oxygen atoms in total. The number of rotatable bonds is 9. The van der Waals surface area contributed by atoms with E-state index in [9.17, 15) is 41.0 Å². The first-order valence-electron chi connectivity index (χ1n) is 12.2. The molecule has 0 aromatic heterocycles. The van der Waals surface area contributed by atoms with Crippen LogP contribution >= 0.6 is 0 Å². The Bertz CT molecular complexity index is 1580. The van der Waals surface area contributed by atoms with E-state index in [2.05, 4.69) is 5.32 Å². The number of carbonyl (C=O) groups excluding carboxylic acids is 1. The minimum Gasteiger partial charge on any atom is -0.507 e. The van der Waals surface area contributed by atoms with Crippen LogP contribution in [0.3, 0.4) is 0 Å². The molecule has 0 aliphatic carbocycles. The zero-order valence-electron chi connectivity index (χ0n) is 21.8. The second-order valence-electron chi connectivity index (χ2n) is 9.24. The van der Waals surface area contributed by atoms with Crippen LogP contribution in [-0.2, 0) is 27.2 Å². The Morgan fingerprint density at radius 1 is 1.15 bits per heavy atom. The number of benzene rings is 3. The lowest BCUT2D eigenvalue weighted by molar-refractivity contribution is -0.138. The van der Waals surface area contributed by atoms with Crippen LogP contribution in [0.15, 0.2) is 53.4 Å². The second-order valence-corrected chi connectivity index (χ2v) is 11.3. The number of phenols is 1. The summed E-state index contributed by atoms with van der Waals surface area (Å²) >= 11 is 0. The summed E-state index contributed by atoms with van der Waals surface area (Å²) < 4.78 is 90.1. The number of ether oxygens (including phenoxy) is 2. The molecule has 0 radical (unpaired) electrons. The van der Waals surface area contributed by atoms with E-state index in [4.69, 9.17) is 9.47 Å². The van der Waals surface area contributed by atoms with Crippen molar-refractivity contribution < 1.29 is 50.5 Å². The average molecular weight is 599 g/mol. The number of phenolic OH excluding ortho intramolecular Hbond substituents is 1. The maximum absolute atomic E-state index is 14.2. The molecule has 220 valence electrons. The van der Waals surface area contributed by atoms with Gasteiger partial charge >= 0.3 is 6.18 Å². The Kier molecular flexibility index (Phi) is 8.36. The number of fused-ring (bicyclic) bond motifs is 1. The lowest BCUT2D eigenvalue weighted by Crippen LogP contribution is -2.37. The summed E-state index contributed by atoms with van der Waals surface area (Å²) in [6.45, 7) is -0.720. The van der Waals surface area contributed by atoms with Crippen molar-refractivity contribution in [3.63, 3.8) is 0 Å². The number of aromatic hydroxyl groups is 1. The Hall–Kier alpha value is -4.04. The van der Waals surface area contributed by atoms with Gasteiger partial charge in [0, 0.05) is 41.9 Å². The van der Waals surface area contributed by atoms with Gasteiger partial charge in [-0.25, -0.2) is 12.8 Å². The minimum atomic E-state index is -4.89. The van der Waals surface area contributed by atoms with Gasteiger partial charge in [0.15, 0.2) is 9.84 Å². The van der Waals surface area contributed by atoms with Gasteiger partial charge in [-0.15, -0.1) is 0 Å². The van der Waals surface area contributed by atoms with E-state index in [1.165, 1.54) is 31.4 Å². The first-order valence-corrected chi connectivity index (χ1v) is 14.0. The zero-order chi connectivity index (χ0) is 30.1. The molecular weight excluding hydrogens is 572 g/mol. The van der Waals surface area contributed by atoms with Crippen LogP contribution in [0.4, 0.5) is 28.9 Å². The molecule has 0 saturated carbocycles. The number of hydrogen-bond acceptors (Lipinski definition) is 8. The number of carbonyl (C=O) groups is 1. The quantitative estimate of drug-likeness (QED) is 0.315. The molecule has 3 aromatic rings. The van der Waals surface area contributed by atoms with Gasteiger partial charge in [0.1, 0.15) is 35.7 Å². The maximum atomic E-state index is 14.2. The molecular formula is C27H26F4N2O7S. The molecule has 1 atom stereocenters. The molecule has 0 fully saturated rings. The number of aliphatic hydroxyl groups excluding tert-OH is 1. The number of anilines is 2. The number of sulfone groups is 1. The summed E-state index contributed by atoms with van der Waals surface area (Å²) in [5.41, 5.74) is -0.924. The third-order valence-corrected chi connectivity index (χ3v) is 7.49. The van der Waals surface area contributed by atoms with Crippen molar-refractivity contribution in [2.75, 3.05) is 43.3 Å². The number of methoxy groups -OCH3 is 1. The van der Waals surface area contributed by atoms with Crippen molar-refractivity contribution in [3.05, 3.63) is 71.0 Å². The number of nitrogens with zero attached hydrogens (tertiary/aromatic N) is 1. The molecule has 14 heteroatoms. The summed E-state index contributed by atoms with van der Waals surface area (Å²) in [5, 5.41) is 22.1. The Morgan fingerprint density at radius 2 is 1.88 bits per heavy atom. The third kappa shape index (κ3) is 6.49. The maximum Gasteiger partial charge on any atom is 0.420 e. The van der Waals surface area contributed by atoms with Crippen molar-refractivity contribution in [2.45, 2.75) is 23.5 Å². The molecule has 1 aliphatic rings. The van der Waals surface area contributed by atoms with Gasteiger partial charge in [-0.3, -0.25) is 4.79 Å². The number of amides is 1. The highest BCUT2D eigenvalue weighted by Crippen LogP contribution is 2.43. The summed E-state index contributed by atoms with van der Waals surface area (Å²) in [5.74, 6) is -2.45. The molecule has 3 N–H and O–H groups in total. The highest BCUT2D eigenvalue weighted by molar-refractivity contribution is 7.90. The van der Waals surface area contributed by atoms with Crippen molar-refractivity contribution in [1.29, 1.82) is 0 Å². The number of aliphatic hydroxyl groups is 1. The van der Waals surface area contributed by atoms with Gasteiger partial charge in [-0.05, 0) is 48.4 Å². The van der Waals surface area contributed by atoms with Crippen LogP contribution < -0.4 is 19.7 Å². The fraction of sp³-hybridized carbons (Fsp3) is 0.296. The lowest BCUT2D eigenvalue weighted by Gasteiger charge is -2.28. The van der Waals surface area contributed by atoms with Crippen LogP contribution in [0.2, 0.25) is 0 Å². The van der Waals surface area contributed by atoms with Gasteiger partial charge in [-0.1, -0.05) is 0 Å². The molecule has 1 heterocycles. The van der Waals surface area contributed by atoms with Gasteiger partial charge < -0.3 is 29.9 Å². The van der Waals surface area contributed by atoms with Crippen LogP contribution in [0, 0.1) is 5.82 Å². The molecule has 0 saturated heterocycles. The molecule has 41 heavy (non-hydrogen) atoms. The predicted octanol–water partition coefficient (Wildman–Crippen LogP) is 4.08. The first kappa shape index (κ1) is 29.9. The Morgan fingerprint density at radius 3 is 2.51 bits per heavy atom. The fourth-order valence-corrected chi connectivity index (χ4v) is 5.16. The Labute approximate surface area is 232 Å². The molecule has 1 unspecified atom stereocenters. The van der Waals surface area contributed by atoms with Crippen LogP contribution in [0.1, 0.15) is 22.7 Å². The largest absolute Gasteiger partial charge is 0.507 e. The van der Waals surface area contributed by atoms with E-state index < -0.39 is 51.7 Å². The van der Waals surface area contributed by atoms with Crippen LogP contribution in [0.25, 0.3) is 0 Å². The van der Waals surface area contributed by atoms with Gasteiger partial charge in [0.05, 0.1) is 24.2 Å². The summed E-state index contributed by atoms with van der Waals surface area (Å²) in [6, 6.07) is 7.41.